The van der Waals surface area contributed by atoms with E-state index in [1.165, 1.54) is 26.5 Å². The molecule has 0 spiro atoms. The highest BCUT2D eigenvalue weighted by molar-refractivity contribution is 6.08. The van der Waals surface area contributed by atoms with Gasteiger partial charge in [0.1, 0.15) is 0 Å². The molecule has 4 N–H and O–H groups in total. The van der Waals surface area contributed by atoms with E-state index in [1.54, 1.807) is 31.2 Å². The number of aromatic carboxylic acids is 1. The molecule has 8 nitrogen and oxygen atoms in total. The number of hydrogen-bond acceptors (Lipinski definition) is 6. The predicted molar refractivity (Wildman–Crippen MR) is 105 cm³/mol. The molecule has 0 saturated heterocycles. The van der Waals surface area contributed by atoms with Crippen molar-refractivity contribution in [2.24, 2.45) is 5.73 Å². The number of nitrogens with one attached hydrogen (secondary N) is 1. The second-order valence-corrected chi connectivity index (χ2v) is 6.04. The van der Waals surface area contributed by atoms with Gasteiger partial charge in [-0.05, 0) is 30.7 Å². The van der Waals surface area contributed by atoms with Gasteiger partial charge in [0, 0.05) is 23.3 Å². The molecule has 0 atom stereocenters. The summed E-state index contributed by atoms with van der Waals surface area (Å²) >= 11 is 0. The first-order valence-corrected chi connectivity index (χ1v) is 8.31. The molecule has 0 aliphatic carbocycles. The number of methoxy groups -OCH3 is 2. The van der Waals surface area contributed by atoms with Gasteiger partial charge in [-0.15, -0.1) is 0 Å². The SMILES string of the molecule is COc1cc2ncc(C(N)=O)c(Nc3cccc(C(=O)O)c3C)c2cc1OC. The maximum Gasteiger partial charge on any atom is 0.336 e. The van der Waals surface area contributed by atoms with Crippen molar-refractivity contribution in [2.75, 3.05) is 19.5 Å². The lowest BCUT2D eigenvalue weighted by Crippen LogP contribution is -2.14. The minimum absolute atomic E-state index is 0.156. The standard InChI is InChI=1S/C20H19N3O5/c1-10-11(20(25)26)5-4-6-14(10)23-18-12-7-16(27-2)17(28-3)8-15(12)22-9-13(18)19(21)24/h4-9H,1-3H3,(H2,21,24)(H,22,23)(H,25,26). The summed E-state index contributed by atoms with van der Waals surface area (Å²) in [5.41, 5.74) is 7.87. The fraction of sp³-hybridized carbons (Fsp3) is 0.150. The number of amides is 1. The zero-order valence-corrected chi connectivity index (χ0v) is 15.6. The van der Waals surface area contributed by atoms with Crippen LogP contribution in [0.4, 0.5) is 11.4 Å². The van der Waals surface area contributed by atoms with Crippen LogP contribution in [0.15, 0.2) is 36.5 Å². The smallest absolute Gasteiger partial charge is 0.336 e. The normalized spacial score (nSPS) is 10.5. The molecule has 3 aromatic rings. The number of rotatable bonds is 6. The lowest BCUT2D eigenvalue weighted by atomic mass is 10.0. The molecular weight excluding hydrogens is 362 g/mol. The van der Waals surface area contributed by atoms with E-state index in [0.29, 0.717) is 39.3 Å². The summed E-state index contributed by atoms with van der Waals surface area (Å²) in [6, 6.07) is 8.22. The van der Waals surface area contributed by atoms with Crippen molar-refractivity contribution in [3.63, 3.8) is 0 Å². The molecule has 28 heavy (non-hydrogen) atoms. The molecule has 1 heterocycles. The van der Waals surface area contributed by atoms with Crippen molar-refractivity contribution in [1.82, 2.24) is 4.98 Å². The van der Waals surface area contributed by atoms with E-state index < -0.39 is 11.9 Å². The van der Waals surface area contributed by atoms with Gasteiger partial charge < -0.3 is 25.6 Å². The quantitative estimate of drug-likeness (QED) is 0.599. The van der Waals surface area contributed by atoms with Crippen molar-refractivity contribution < 1.29 is 24.2 Å². The Morgan fingerprint density at radius 2 is 1.79 bits per heavy atom. The fourth-order valence-corrected chi connectivity index (χ4v) is 2.98. The number of carboxylic acid groups (broad SMARTS) is 1. The number of ether oxygens (including phenoxy) is 2. The van der Waals surface area contributed by atoms with Gasteiger partial charge in [-0.1, -0.05) is 6.07 Å². The Kier molecular flexibility index (Phi) is 5.04. The van der Waals surface area contributed by atoms with E-state index in [9.17, 15) is 14.7 Å². The molecule has 1 amide bonds. The van der Waals surface area contributed by atoms with E-state index in [0.717, 1.165) is 0 Å². The summed E-state index contributed by atoms with van der Waals surface area (Å²) < 4.78 is 10.6. The summed E-state index contributed by atoms with van der Waals surface area (Å²) in [6.07, 6.45) is 1.37. The Bertz CT molecular complexity index is 1090. The van der Waals surface area contributed by atoms with E-state index >= 15 is 0 Å². The number of nitrogens with two attached hydrogens (primary N) is 1. The van der Waals surface area contributed by atoms with Gasteiger partial charge in [-0.25, -0.2) is 4.79 Å². The van der Waals surface area contributed by atoms with Crippen LogP contribution in [0.2, 0.25) is 0 Å². The van der Waals surface area contributed by atoms with E-state index in [2.05, 4.69) is 10.3 Å². The molecule has 8 heteroatoms. The van der Waals surface area contributed by atoms with Crippen LogP contribution in [0.5, 0.6) is 11.5 Å². The van der Waals surface area contributed by atoms with E-state index in [1.807, 2.05) is 0 Å². The Hall–Kier alpha value is -3.81. The molecule has 0 unspecified atom stereocenters. The molecule has 144 valence electrons. The summed E-state index contributed by atoms with van der Waals surface area (Å²) in [6.45, 7) is 1.68. The number of primary amides is 1. The first kappa shape index (κ1) is 19.0. The summed E-state index contributed by atoms with van der Waals surface area (Å²) in [5.74, 6) is -0.761. The minimum Gasteiger partial charge on any atom is -0.493 e. The Morgan fingerprint density at radius 1 is 1.11 bits per heavy atom. The Balaban J connectivity index is 2.26. The third kappa shape index (κ3) is 3.27. The maximum atomic E-state index is 12.0. The van der Waals surface area contributed by atoms with Gasteiger partial charge in [0.05, 0.1) is 36.6 Å². The molecule has 2 aromatic carbocycles. The monoisotopic (exact) mass is 381 g/mol. The number of aromatic nitrogens is 1. The lowest BCUT2D eigenvalue weighted by molar-refractivity contribution is 0.0696. The molecule has 0 aliphatic rings. The lowest BCUT2D eigenvalue weighted by Gasteiger charge is -2.17. The highest BCUT2D eigenvalue weighted by Gasteiger charge is 2.18. The number of pyridine rings is 1. The van der Waals surface area contributed by atoms with E-state index in [4.69, 9.17) is 15.2 Å². The van der Waals surface area contributed by atoms with Crippen molar-refractivity contribution in [3.05, 3.63) is 53.2 Å². The molecule has 0 saturated carbocycles. The van der Waals surface area contributed by atoms with Crippen LogP contribution in [-0.4, -0.2) is 36.2 Å². The number of carboxylic acids is 1. The molecule has 0 aliphatic heterocycles. The first-order chi connectivity index (χ1) is 13.4. The highest BCUT2D eigenvalue weighted by atomic mass is 16.5. The van der Waals surface area contributed by atoms with E-state index in [-0.39, 0.29) is 11.1 Å². The number of carbonyl (C=O) groups excluding carboxylic acids is 1. The molecule has 1 aromatic heterocycles. The van der Waals surface area contributed by atoms with Crippen LogP contribution in [0.1, 0.15) is 26.3 Å². The van der Waals surface area contributed by atoms with Crippen LogP contribution in [0.3, 0.4) is 0 Å². The largest absolute Gasteiger partial charge is 0.493 e. The Morgan fingerprint density at radius 3 is 2.39 bits per heavy atom. The van der Waals surface area contributed by atoms with Gasteiger partial charge >= 0.3 is 5.97 Å². The Labute approximate surface area is 160 Å². The fourth-order valence-electron chi connectivity index (χ4n) is 2.98. The number of benzene rings is 2. The third-order valence-corrected chi connectivity index (χ3v) is 4.46. The molecular formula is C20H19N3O5. The van der Waals surface area contributed by atoms with Crippen LogP contribution in [0, 0.1) is 6.92 Å². The summed E-state index contributed by atoms with van der Waals surface area (Å²) in [4.78, 5) is 27.7. The molecule has 3 rings (SSSR count). The van der Waals surface area contributed by atoms with Gasteiger partial charge in [-0.3, -0.25) is 9.78 Å². The number of fused-ring (bicyclic) bond motifs is 1. The predicted octanol–water partition coefficient (Wildman–Crippen LogP) is 3.10. The maximum absolute atomic E-state index is 12.0. The van der Waals surface area contributed by atoms with Crippen molar-refractivity contribution in [3.8, 4) is 11.5 Å². The molecule has 0 bridgehead atoms. The summed E-state index contributed by atoms with van der Waals surface area (Å²) in [5, 5.41) is 13.1. The zero-order valence-electron chi connectivity index (χ0n) is 15.6. The number of anilines is 2. The van der Waals surface area contributed by atoms with Crippen molar-refractivity contribution >= 4 is 34.2 Å². The zero-order chi connectivity index (χ0) is 20.4. The first-order valence-electron chi connectivity index (χ1n) is 8.31. The van der Waals surface area contributed by atoms with Crippen LogP contribution >= 0.6 is 0 Å². The second-order valence-electron chi connectivity index (χ2n) is 6.04. The van der Waals surface area contributed by atoms with Crippen LogP contribution in [0.25, 0.3) is 10.9 Å². The van der Waals surface area contributed by atoms with Crippen LogP contribution < -0.4 is 20.5 Å². The van der Waals surface area contributed by atoms with Gasteiger partial charge in [0.25, 0.3) is 5.91 Å². The molecule has 0 fully saturated rings. The number of hydrogen-bond donors (Lipinski definition) is 3. The average molecular weight is 381 g/mol. The van der Waals surface area contributed by atoms with Gasteiger partial charge in [0.15, 0.2) is 11.5 Å². The summed E-state index contributed by atoms with van der Waals surface area (Å²) in [7, 11) is 3.02. The number of nitrogens with zero attached hydrogens (tertiary/aromatic N) is 1. The van der Waals surface area contributed by atoms with Gasteiger partial charge in [-0.2, -0.15) is 0 Å². The minimum atomic E-state index is -1.04. The second kappa shape index (κ2) is 7.43. The highest BCUT2D eigenvalue weighted by Crippen LogP contribution is 2.37. The number of carbonyl (C=O) groups is 2. The topological polar surface area (TPSA) is 124 Å². The molecule has 0 radical (unpaired) electrons. The van der Waals surface area contributed by atoms with Gasteiger partial charge in [0.2, 0.25) is 0 Å². The van der Waals surface area contributed by atoms with Crippen molar-refractivity contribution in [2.45, 2.75) is 6.92 Å². The van der Waals surface area contributed by atoms with Crippen LogP contribution in [-0.2, 0) is 0 Å². The average Bonchev–Trinajstić information content (AvgIpc) is 2.68. The van der Waals surface area contributed by atoms with Crippen molar-refractivity contribution in [1.29, 1.82) is 0 Å². The third-order valence-electron chi connectivity index (χ3n) is 4.46.